The Hall–Kier alpha value is -4.03. The van der Waals surface area contributed by atoms with E-state index in [1.54, 1.807) is 24.3 Å². The average Bonchev–Trinajstić information content (AvgIpc) is 2.86. The van der Waals surface area contributed by atoms with Gasteiger partial charge in [-0.1, -0.05) is 12.1 Å². The number of nitrogens with one attached hydrogen (secondary N) is 3. The minimum atomic E-state index is -2.39. The maximum Gasteiger partial charge on any atom is 0.256 e. The van der Waals surface area contributed by atoms with Crippen molar-refractivity contribution < 1.29 is 15.2 Å². The van der Waals surface area contributed by atoms with Crippen LogP contribution in [0.25, 0.3) is 0 Å². The first-order valence-electron chi connectivity index (χ1n) is 12.5. The molecule has 3 aromatic rings. The Morgan fingerprint density at radius 2 is 1.87 bits per heavy atom. The Morgan fingerprint density at radius 1 is 1.15 bits per heavy atom. The monoisotopic (exact) mass is 552 g/mol. The zero-order valence-electron chi connectivity index (χ0n) is 22.5. The SMILES string of the molecule is C=CCNC(=O)c1cnc(Nc2ccc(N3C[C@@H](C)O[C@@H](C)C3)cc2)nc1Nc1cccc(N=S(C)(C)=O)n1.[HH]. The number of aromatic nitrogens is 3. The topological polar surface area (TPSA) is 134 Å². The Labute approximate surface area is 230 Å². The van der Waals surface area contributed by atoms with Gasteiger partial charge in [0.05, 0.1) is 12.2 Å². The van der Waals surface area contributed by atoms with Crippen LogP contribution in [0.5, 0.6) is 0 Å². The minimum Gasteiger partial charge on any atom is -0.372 e. The lowest BCUT2D eigenvalue weighted by molar-refractivity contribution is -0.00521. The highest BCUT2D eigenvalue weighted by Gasteiger charge is 2.22. The average molecular weight is 553 g/mol. The van der Waals surface area contributed by atoms with Crippen LogP contribution < -0.4 is 20.9 Å². The second-order valence-electron chi connectivity index (χ2n) is 9.57. The molecule has 208 valence electrons. The van der Waals surface area contributed by atoms with E-state index in [9.17, 15) is 9.00 Å². The molecule has 1 saturated heterocycles. The maximum atomic E-state index is 12.8. The fraction of sp³-hybridized carbons (Fsp3) is 0.333. The normalized spacial score (nSPS) is 17.3. The van der Waals surface area contributed by atoms with Gasteiger partial charge in [-0.15, -0.1) is 6.58 Å². The molecular formula is C27H36N8O3S. The highest BCUT2D eigenvalue weighted by atomic mass is 32.2. The molecule has 4 rings (SSSR count). The first kappa shape index (κ1) is 28.0. The molecule has 1 aromatic carbocycles. The Morgan fingerprint density at radius 3 is 2.54 bits per heavy atom. The van der Waals surface area contributed by atoms with Crippen LogP contribution in [0, 0.1) is 0 Å². The highest BCUT2D eigenvalue weighted by molar-refractivity contribution is 7.92. The summed E-state index contributed by atoms with van der Waals surface area (Å²) in [5, 5.41) is 9.02. The quantitative estimate of drug-likeness (QED) is 0.328. The van der Waals surface area contributed by atoms with E-state index in [2.05, 4.69) is 60.6 Å². The van der Waals surface area contributed by atoms with Crippen molar-refractivity contribution >= 4 is 50.4 Å². The van der Waals surface area contributed by atoms with Crippen molar-refractivity contribution in [3.05, 3.63) is 66.9 Å². The number of benzene rings is 1. The van der Waals surface area contributed by atoms with Crippen molar-refractivity contribution in [3.63, 3.8) is 0 Å². The lowest BCUT2D eigenvalue weighted by atomic mass is 10.2. The molecule has 1 amide bonds. The van der Waals surface area contributed by atoms with Gasteiger partial charge in [-0.2, -0.15) is 9.35 Å². The number of hydrogen-bond donors (Lipinski definition) is 3. The number of morpholine rings is 1. The molecule has 0 spiro atoms. The molecule has 0 bridgehead atoms. The number of carbonyl (C=O) groups is 1. The van der Waals surface area contributed by atoms with Gasteiger partial charge < -0.3 is 25.6 Å². The van der Waals surface area contributed by atoms with E-state index in [0.717, 1.165) is 24.5 Å². The molecule has 0 radical (unpaired) electrons. The van der Waals surface area contributed by atoms with Crippen molar-refractivity contribution in [1.82, 2.24) is 20.3 Å². The number of nitrogens with zero attached hydrogens (tertiary/aromatic N) is 5. The number of carbonyl (C=O) groups excluding carboxylic acids is 1. The predicted octanol–water partition coefficient (Wildman–Crippen LogP) is 4.49. The van der Waals surface area contributed by atoms with Crippen molar-refractivity contribution in [2.45, 2.75) is 26.1 Å². The molecule has 12 heteroatoms. The molecular weight excluding hydrogens is 516 g/mol. The summed E-state index contributed by atoms with van der Waals surface area (Å²) in [6.07, 6.45) is 6.44. The summed E-state index contributed by atoms with van der Waals surface area (Å²) in [7, 11) is -2.39. The smallest absolute Gasteiger partial charge is 0.256 e. The zero-order chi connectivity index (χ0) is 28.0. The van der Waals surface area contributed by atoms with Crippen molar-refractivity contribution in [1.29, 1.82) is 0 Å². The van der Waals surface area contributed by atoms with Crippen LogP contribution in [-0.4, -0.2) is 69.4 Å². The molecule has 2 aromatic heterocycles. The van der Waals surface area contributed by atoms with Crippen LogP contribution in [0.2, 0.25) is 0 Å². The van der Waals surface area contributed by atoms with Gasteiger partial charge >= 0.3 is 0 Å². The molecule has 1 aliphatic heterocycles. The van der Waals surface area contributed by atoms with Gasteiger partial charge in [-0.05, 0) is 50.2 Å². The third-order valence-electron chi connectivity index (χ3n) is 5.64. The van der Waals surface area contributed by atoms with Gasteiger partial charge in [0.15, 0.2) is 5.82 Å². The predicted molar refractivity (Wildman–Crippen MR) is 158 cm³/mol. The van der Waals surface area contributed by atoms with Gasteiger partial charge in [0, 0.05) is 60.9 Å². The number of hydrogen-bond acceptors (Lipinski definition) is 10. The van der Waals surface area contributed by atoms with Gasteiger partial charge in [0.1, 0.15) is 17.2 Å². The summed E-state index contributed by atoms with van der Waals surface area (Å²) in [4.78, 5) is 28.4. The van der Waals surface area contributed by atoms with Crippen LogP contribution in [0.3, 0.4) is 0 Å². The number of pyridine rings is 1. The molecule has 0 unspecified atom stereocenters. The molecule has 3 heterocycles. The zero-order valence-corrected chi connectivity index (χ0v) is 23.4. The van der Waals surface area contributed by atoms with Gasteiger partial charge in [-0.3, -0.25) is 4.79 Å². The first-order valence-corrected chi connectivity index (χ1v) is 14.9. The minimum absolute atomic E-state index is 0. The van der Waals surface area contributed by atoms with E-state index in [0.29, 0.717) is 24.1 Å². The van der Waals surface area contributed by atoms with Crippen LogP contribution in [0.15, 0.2) is 65.7 Å². The Kier molecular flexibility index (Phi) is 8.77. The number of ether oxygens (including phenoxy) is 1. The Bertz CT molecular complexity index is 1440. The lowest BCUT2D eigenvalue weighted by Crippen LogP contribution is -2.45. The third-order valence-corrected chi connectivity index (χ3v) is 6.27. The van der Waals surface area contributed by atoms with E-state index < -0.39 is 9.73 Å². The molecule has 3 N–H and O–H groups in total. The largest absolute Gasteiger partial charge is 0.372 e. The highest BCUT2D eigenvalue weighted by Crippen LogP contribution is 2.25. The van der Waals surface area contributed by atoms with E-state index in [1.807, 2.05) is 24.3 Å². The summed E-state index contributed by atoms with van der Waals surface area (Å²) in [5.41, 5.74) is 2.13. The van der Waals surface area contributed by atoms with Crippen LogP contribution in [0.4, 0.5) is 34.8 Å². The summed E-state index contributed by atoms with van der Waals surface area (Å²) in [6, 6.07) is 13.1. The number of rotatable bonds is 9. The molecule has 1 aliphatic rings. The first-order chi connectivity index (χ1) is 18.6. The van der Waals surface area contributed by atoms with Crippen LogP contribution in [-0.2, 0) is 14.5 Å². The molecule has 2 atom stereocenters. The van der Waals surface area contributed by atoms with Crippen LogP contribution in [0.1, 0.15) is 25.6 Å². The summed E-state index contributed by atoms with van der Waals surface area (Å²) in [6.45, 7) is 9.75. The van der Waals surface area contributed by atoms with E-state index in [4.69, 9.17) is 4.74 Å². The standard InChI is InChI=1S/C27H34N8O3S.H2/c1-6-14-28-26(36)22-15-29-27(33-25(22)32-23-8-7-9-24(31-23)34-39(4,5)37)30-20-10-12-21(13-11-20)35-16-18(2)38-19(3)17-35;/h6-13,15,18-19H,1,14,16-17H2,2-5H3,(H,28,36)(H2,29,30,31,32,33);1H/t18-,19+;. The maximum absolute atomic E-state index is 12.8. The van der Waals surface area contributed by atoms with Gasteiger partial charge in [-0.25, -0.2) is 14.2 Å². The molecule has 11 nitrogen and oxygen atoms in total. The number of amides is 1. The molecule has 39 heavy (non-hydrogen) atoms. The second kappa shape index (κ2) is 12.2. The van der Waals surface area contributed by atoms with Crippen molar-refractivity contribution in [2.24, 2.45) is 4.36 Å². The molecule has 1 fully saturated rings. The van der Waals surface area contributed by atoms with Crippen molar-refractivity contribution in [3.8, 4) is 0 Å². The van der Waals surface area contributed by atoms with E-state index in [-0.39, 0.29) is 30.9 Å². The van der Waals surface area contributed by atoms with E-state index in [1.165, 1.54) is 18.7 Å². The Balaban J connectivity index is 0.00000441. The molecule has 0 aliphatic carbocycles. The van der Waals surface area contributed by atoms with Gasteiger partial charge in [0.2, 0.25) is 5.95 Å². The van der Waals surface area contributed by atoms with Gasteiger partial charge in [0.25, 0.3) is 5.91 Å². The fourth-order valence-corrected chi connectivity index (χ4v) is 4.68. The molecule has 0 saturated carbocycles. The lowest BCUT2D eigenvalue weighted by Gasteiger charge is -2.36. The summed E-state index contributed by atoms with van der Waals surface area (Å²) < 4.78 is 22.1. The fourth-order valence-electron chi connectivity index (χ4n) is 4.13. The summed E-state index contributed by atoms with van der Waals surface area (Å²) >= 11 is 0. The summed E-state index contributed by atoms with van der Waals surface area (Å²) in [5.74, 6) is 0.878. The van der Waals surface area contributed by atoms with Crippen molar-refractivity contribution in [2.75, 3.05) is 47.7 Å². The second-order valence-corrected chi connectivity index (χ2v) is 12.1. The number of anilines is 5. The van der Waals surface area contributed by atoms with E-state index >= 15 is 0 Å². The van der Waals surface area contributed by atoms with Crippen LogP contribution >= 0.6 is 0 Å². The third kappa shape index (κ3) is 7.98.